The van der Waals surface area contributed by atoms with Crippen molar-refractivity contribution in [3.05, 3.63) is 24.5 Å². The lowest BCUT2D eigenvalue weighted by Gasteiger charge is -2.11. The molecule has 4 heteroatoms. The maximum absolute atomic E-state index is 5.41. The number of hydrogen-bond donors (Lipinski definition) is 0. The second-order valence-corrected chi connectivity index (χ2v) is 3.10. The summed E-state index contributed by atoms with van der Waals surface area (Å²) in [6.07, 6.45) is 5.29. The summed E-state index contributed by atoms with van der Waals surface area (Å²) in [7, 11) is 0. The minimum atomic E-state index is -0.0536. The Morgan fingerprint density at radius 2 is 2.29 bits per heavy atom. The fourth-order valence-electron chi connectivity index (χ4n) is 1.23. The SMILES string of the molecule is C=C(N=CC)c1cnn(C(C)OCC)c1.CC. The fourth-order valence-corrected chi connectivity index (χ4v) is 1.23. The number of rotatable bonds is 5. The summed E-state index contributed by atoms with van der Waals surface area (Å²) >= 11 is 0. The Morgan fingerprint density at radius 3 is 2.82 bits per heavy atom. The van der Waals surface area contributed by atoms with Gasteiger partial charge in [-0.1, -0.05) is 20.4 Å². The molecule has 0 aromatic carbocycles. The third kappa shape index (κ3) is 4.95. The van der Waals surface area contributed by atoms with Gasteiger partial charge in [-0.3, -0.25) is 4.99 Å². The molecule has 17 heavy (non-hydrogen) atoms. The number of nitrogens with zero attached hydrogens (tertiary/aromatic N) is 3. The predicted molar refractivity (Wildman–Crippen MR) is 73.1 cm³/mol. The van der Waals surface area contributed by atoms with E-state index in [1.54, 1.807) is 17.1 Å². The lowest BCUT2D eigenvalue weighted by molar-refractivity contribution is 0.0159. The molecule has 0 radical (unpaired) electrons. The van der Waals surface area contributed by atoms with Crippen molar-refractivity contribution >= 4 is 11.9 Å². The van der Waals surface area contributed by atoms with Crippen LogP contribution in [0.15, 0.2) is 24.0 Å². The molecule has 0 saturated carbocycles. The Hall–Kier alpha value is -1.42. The van der Waals surface area contributed by atoms with E-state index in [4.69, 9.17) is 4.74 Å². The van der Waals surface area contributed by atoms with Crippen molar-refractivity contribution in [2.45, 2.75) is 40.8 Å². The quantitative estimate of drug-likeness (QED) is 0.735. The van der Waals surface area contributed by atoms with Crippen molar-refractivity contribution < 1.29 is 4.74 Å². The Morgan fingerprint density at radius 1 is 1.65 bits per heavy atom. The summed E-state index contributed by atoms with van der Waals surface area (Å²) < 4.78 is 7.17. The minimum Gasteiger partial charge on any atom is -0.357 e. The lowest BCUT2D eigenvalue weighted by atomic mass is 10.3. The van der Waals surface area contributed by atoms with Crippen LogP contribution in [0.5, 0.6) is 0 Å². The van der Waals surface area contributed by atoms with Crippen LogP contribution in [-0.4, -0.2) is 22.6 Å². The van der Waals surface area contributed by atoms with Gasteiger partial charge in [-0.2, -0.15) is 5.10 Å². The Balaban J connectivity index is 0.00000121. The van der Waals surface area contributed by atoms with Crippen LogP contribution in [0.4, 0.5) is 0 Å². The summed E-state index contributed by atoms with van der Waals surface area (Å²) in [5.41, 5.74) is 1.63. The van der Waals surface area contributed by atoms with Gasteiger partial charge in [0.15, 0.2) is 0 Å². The molecule has 1 atom stereocenters. The van der Waals surface area contributed by atoms with Gasteiger partial charge in [-0.05, 0) is 20.8 Å². The first-order valence-corrected chi connectivity index (χ1v) is 6.02. The number of hydrogen-bond acceptors (Lipinski definition) is 3. The molecule has 1 aromatic heterocycles. The molecule has 0 amide bonds. The highest BCUT2D eigenvalue weighted by Gasteiger charge is 2.06. The third-order valence-electron chi connectivity index (χ3n) is 2.00. The zero-order chi connectivity index (χ0) is 13.3. The average Bonchev–Trinajstić information content (AvgIpc) is 2.82. The van der Waals surface area contributed by atoms with Gasteiger partial charge in [0.1, 0.15) is 6.23 Å². The van der Waals surface area contributed by atoms with Gasteiger partial charge in [-0.25, -0.2) is 4.68 Å². The van der Waals surface area contributed by atoms with E-state index in [9.17, 15) is 0 Å². The van der Waals surface area contributed by atoms with Gasteiger partial charge in [0.25, 0.3) is 0 Å². The summed E-state index contributed by atoms with van der Waals surface area (Å²) in [6.45, 7) is 14.3. The normalized spacial score (nSPS) is 12.1. The van der Waals surface area contributed by atoms with Crippen molar-refractivity contribution in [1.29, 1.82) is 0 Å². The van der Waals surface area contributed by atoms with Gasteiger partial charge in [0, 0.05) is 24.6 Å². The van der Waals surface area contributed by atoms with Crippen LogP contribution in [0.1, 0.15) is 46.4 Å². The van der Waals surface area contributed by atoms with Gasteiger partial charge in [0.05, 0.1) is 11.9 Å². The molecule has 0 spiro atoms. The molecule has 1 rings (SSSR count). The van der Waals surface area contributed by atoms with Crippen LogP contribution in [-0.2, 0) is 4.74 Å². The molecule has 0 aliphatic heterocycles. The predicted octanol–water partition coefficient (Wildman–Crippen LogP) is 3.53. The molecule has 0 N–H and O–H groups in total. The lowest BCUT2D eigenvalue weighted by Crippen LogP contribution is -2.09. The molecule has 96 valence electrons. The average molecular weight is 237 g/mol. The standard InChI is InChI=1S/C11H17N3O.C2H6/c1-5-12-9(3)11-7-13-14(8-11)10(4)15-6-2;1-2/h5,7-8,10H,3,6H2,1-2,4H3;1-2H3. The molecule has 1 aromatic rings. The zero-order valence-electron chi connectivity index (χ0n) is 11.5. The first-order valence-electron chi connectivity index (χ1n) is 6.02. The molecule has 0 bridgehead atoms. The Bertz CT molecular complexity index is 355. The summed E-state index contributed by atoms with van der Waals surface area (Å²) in [6, 6.07) is 0. The Labute approximate surface area is 104 Å². The third-order valence-corrected chi connectivity index (χ3v) is 2.00. The van der Waals surface area contributed by atoms with Crippen molar-refractivity contribution in [3.8, 4) is 0 Å². The number of aliphatic imine (C=N–C) groups is 1. The van der Waals surface area contributed by atoms with E-state index in [2.05, 4.69) is 16.7 Å². The van der Waals surface area contributed by atoms with E-state index in [0.29, 0.717) is 12.3 Å². The summed E-state index contributed by atoms with van der Waals surface area (Å²) in [5.74, 6) is 0. The molecule has 0 aliphatic rings. The second-order valence-electron chi connectivity index (χ2n) is 3.10. The highest BCUT2D eigenvalue weighted by atomic mass is 16.5. The molecule has 4 nitrogen and oxygen atoms in total. The number of ether oxygens (including phenoxy) is 1. The van der Waals surface area contributed by atoms with E-state index < -0.39 is 0 Å². The van der Waals surface area contributed by atoms with Gasteiger partial charge < -0.3 is 4.74 Å². The van der Waals surface area contributed by atoms with Crippen LogP contribution >= 0.6 is 0 Å². The zero-order valence-corrected chi connectivity index (χ0v) is 11.5. The largest absolute Gasteiger partial charge is 0.357 e. The van der Waals surface area contributed by atoms with Crippen molar-refractivity contribution in [1.82, 2.24) is 9.78 Å². The van der Waals surface area contributed by atoms with Gasteiger partial charge in [-0.15, -0.1) is 0 Å². The highest BCUT2D eigenvalue weighted by molar-refractivity contribution is 5.70. The Kier molecular flexibility index (Phi) is 7.97. The number of aromatic nitrogens is 2. The smallest absolute Gasteiger partial charge is 0.147 e. The van der Waals surface area contributed by atoms with Crippen molar-refractivity contribution in [2.75, 3.05) is 6.61 Å². The minimum absolute atomic E-state index is 0.0536. The molecule has 0 aliphatic carbocycles. The maximum Gasteiger partial charge on any atom is 0.147 e. The van der Waals surface area contributed by atoms with E-state index in [-0.39, 0.29) is 6.23 Å². The maximum atomic E-state index is 5.41. The van der Waals surface area contributed by atoms with Crippen LogP contribution in [0.25, 0.3) is 5.70 Å². The van der Waals surface area contributed by atoms with Crippen molar-refractivity contribution in [3.63, 3.8) is 0 Å². The van der Waals surface area contributed by atoms with Gasteiger partial charge in [0.2, 0.25) is 0 Å². The van der Waals surface area contributed by atoms with E-state index in [1.807, 2.05) is 40.8 Å². The van der Waals surface area contributed by atoms with Crippen molar-refractivity contribution in [2.24, 2.45) is 4.99 Å². The molecule has 0 fully saturated rings. The molecule has 0 saturated heterocycles. The highest BCUT2D eigenvalue weighted by Crippen LogP contribution is 2.15. The van der Waals surface area contributed by atoms with E-state index in [1.165, 1.54) is 0 Å². The molecular formula is C13H23N3O. The van der Waals surface area contributed by atoms with E-state index >= 15 is 0 Å². The second kappa shape index (κ2) is 8.70. The van der Waals surface area contributed by atoms with Crippen LogP contribution < -0.4 is 0 Å². The first-order chi connectivity index (χ1) is 8.19. The fraction of sp³-hybridized carbons (Fsp3) is 0.538. The van der Waals surface area contributed by atoms with Gasteiger partial charge >= 0.3 is 0 Å². The molecule has 1 unspecified atom stereocenters. The van der Waals surface area contributed by atoms with Crippen LogP contribution in [0.2, 0.25) is 0 Å². The van der Waals surface area contributed by atoms with Crippen LogP contribution in [0, 0.1) is 0 Å². The van der Waals surface area contributed by atoms with Crippen LogP contribution in [0.3, 0.4) is 0 Å². The summed E-state index contributed by atoms with van der Waals surface area (Å²) in [4.78, 5) is 4.10. The molecule has 1 heterocycles. The molecular weight excluding hydrogens is 214 g/mol. The monoisotopic (exact) mass is 237 g/mol. The topological polar surface area (TPSA) is 39.4 Å². The van der Waals surface area contributed by atoms with E-state index in [0.717, 1.165) is 5.56 Å². The summed E-state index contributed by atoms with van der Waals surface area (Å²) in [5, 5.41) is 4.19. The first kappa shape index (κ1) is 15.6.